The Morgan fingerprint density at radius 3 is 2.68 bits per heavy atom. The molecule has 0 aliphatic carbocycles. The number of nitrogen functional groups attached to an aromatic ring is 1. The zero-order chi connectivity index (χ0) is 18.1. The first kappa shape index (κ1) is 18.5. The van der Waals surface area contributed by atoms with Crippen LogP contribution in [0.4, 0.5) is 11.4 Å². The number of carbonyl (C=O) groups excluding carboxylic acids is 2. The predicted octanol–water partition coefficient (Wildman–Crippen LogP) is 2.22. The molecule has 6 nitrogen and oxygen atoms in total. The Balaban J connectivity index is 1.89. The third-order valence-corrected chi connectivity index (χ3v) is 3.68. The van der Waals surface area contributed by atoms with Gasteiger partial charge in [0.2, 0.25) is 5.91 Å². The van der Waals surface area contributed by atoms with E-state index in [4.69, 9.17) is 10.5 Å². The van der Waals surface area contributed by atoms with Gasteiger partial charge in [-0.05, 0) is 36.2 Å². The van der Waals surface area contributed by atoms with E-state index in [-0.39, 0.29) is 11.8 Å². The second kappa shape index (κ2) is 9.44. The van der Waals surface area contributed by atoms with Crippen LogP contribution in [-0.2, 0) is 16.0 Å². The summed E-state index contributed by atoms with van der Waals surface area (Å²) in [4.78, 5) is 24.1. The monoisotopic (exact) mass is 341 g/mol. The van der Waals surface area contributed by atoms with Gasteiger partial charge in [-0.3, -0.25) is 9.59 Å². The minimum atomic E-state index is -0.204. The van der Waals surface area contributed by atoms with Gasteiger partial charge in [-0.15, -0.1) is 0 Å². The van der Waals surface area contributed by atoms with Gasteiger partial charge in [-0.1, -0.05) is 24.3 Å². The van der Waals surface area contributed by atoms with Gasteiger partial charge >= 0.3 is 0 Å². The largest absolute Gasteiger partial charge is 0.399 e. The molecule has 0 saturated heterocycles. The maximum absolute atomic E-state index is 12.1. The second-order valence-corrected chi connectivity index (χ2v) is 5.58. The van der Waals surface area contributed by atoms with Crippen molar-refractivity contribution < 1.29 is 14.3 Å². The van der Waals surface area contributed by atoms with Crippen LogP contribution in [0, 0.1) is 0 Å². The molecule has 4 N–H and O–H groups in total. The molecule has 0 aliphatic rings. The Morgan fingerprint density at radius 1 is 1.12 bits per heavy atom. The molecule has 0 atom stereocenters. The fourth-order valence-corrected chi connectivity index (χ4v) is 2.34. The van der Waals surface area contributed by atoms with Crippen molar-refractivity contribution in [1.29, 1.82) is 0 Å². The highest BCUT2D eigenvalue weighted by Crippen LogP contribution is 2.14. The van der Waals surface area contributed by atoms with Gasteiger partial charge in [0.1, 0.15) is 0 Å². The second-order valence-electron chi connectivity index (χ2n) is 5.58. The summed E-state index contributed by atoms with van der Waals surface area (Å²) in [7, 11) is 1.57. The molecule has 0 heterocycles. The lowest BCUT2D eigenvalue weighted by atomic mass is 10.1. The Hall–Kier alpha value is -2.86. The first-order valence-electron chi connectivity index (χ1n) is 8.10. The van der Waals surface area contributed by atoms with E-state index in [0.29, 0.717) is 42.9 Å². The summed E-state index contributed by atoms with van der Waals surface area (Å²) in [6.45, 7) is 0.884. The molecule has 6 heteroatoms. The zero-order valence-corrected chi connectivity index (χ0v) is 14.2. The number of hydrogen-bond acceptors (Lipinski definition) is 4. The van der Waals surface area contributed by atoms with Crippen molar-refractivity contribution >= 4 is 23.2 Å². The summed E-state index contributed by atoms with van der Waals surface area (Å²) in [5, 5.41) is 5.55. The van der Waals surface area contributed by atoms with E-state index in [0.717, 1.165) is 5.56 Å². The molecule has 0 bridgehead atoms. The molecule has 2 aromatic carbocycles. The number of para-hydroxylation sites is 1. The Labute approximate surface area is 147 Å². The number of rotatable bonds is 8. The summed E-state index contributed by atoms with van der Waals surface area (Å²) in [5.74, 6) is -0.328. The average molecular weight is 341 g/mol. The van der Waals surface area contributed by atoms with Crippen LogP contribution in [0.1, 0.15) is 22.3 Å². The number of anilines is 2. The van der Waals surface area contributed by atoms with E-state index in [1.165, 1.54) is 0 Å². The summed E-state index contributed by atoms with van der Waals surface area (Å²) < 4.78 is 4.90. The van der Waals surface area contributed by atoms with Crippen LogP contribution in [0.5, 0.6) is 0 Å². The number of nitrogens with one attached hydrogen (secondary N) is 2. The van der Waals surface area contributed by atoms with Crippen molar-refractivity contribution in [3.63, 3.8) is 0 Å². The molecular formula is C19H23N3O3. The fraction of sp³-hybridized carbons (Fsp3) is 0.263. The quantitative estimate of drug-likeness (QED) is 0.507. The number of carbonyl (C=O) groups is 2. The molecule has 0 spiro atoms. The van der Waals surface area contributed by atoms with Crippen molar-refractivity contribution in [2.75, 3.05) is 31.3 Å². The van der Waals surface area contributed by atoms with Crippen molar-refractivity contribution in [3.05, 3.63) is 59.7 Å². The number of ether oxygens (including phenoxy) is 1. The van der Waals surface area contributed by atoms with Gasteiger partial charge in [0.05, 0.1) is 6.61 Å². The topological polar surface area (TPSA) is 93.5 Å². The highest BCUT2D eigenvalue weighted by atomic mass is 16.5. The molecule has 25 heavy (non-hydrogen) atoms. The first-order chi connectivity index (χ1) is 12.1. The van der Waals surface area contributed by atoms with Crippen LogP contribution in [0.3, 0.4) is 0 Å². The molecule has 0 radical (unpaired) electrons. The SMILES string of the molecule is COCCNC(=O)c1cccc(NC(=O)CCc2ccccc2N)c1. The average Bonchev–Trinajstić information content (AvgIpc) is 2.61. The number of nitrogens with two attached hydrogens (primary N) is 1. The maximum atomic E-state index is 12.1. The smallest absolute Gasteiger partial charge is 0.251 e. The van der Waals surface area contributed by atoms with Crippen LogP contribution >= 0.6 is 0 Å². The Kier molecular flexibility index (Phi) is 6.98. The van der Waals surface area contributed by atoms with E-state index in [1.54, 1.807) is 31.4 Å². The van der Waals surface area contributed by atoms with Gasteiger partial charge in [-0.25, -0.2) is 0 Å². The molecule has 0 fully saturated rings. The van der Waals surface area contributed by atoms with Gasteiger partial charge in [0, 0.05) is 37.0 Å². The highest BCUT2D eigenvalue weighted by Gasteiger charge is 2.08. The normalized spacial score (nSPS) is 10.3. The lowest BCUT2D eigenvalue weighted by molar-refractivity contribution is -0.116. The van der Waals surface area contributed by atoms with E-state index < -0.39 is 0 Å². The number of amides is 2. The van der Waals surface area contributed by atoms with E-state index in [9.17, 15) is 9.59 Å². The van der Waals surface area contributed by atoms with Crippen LogP contribution in [0.25, 0.3) is 0 Å². The third-order valence-electron chi connectivity index (χ3n) is 3.68. The van der Waals surface area contributed by atoms with E-state index in [2.05, 4.69) is 10.6 Å². The van der Waals surface area contributed by atoms with Crippen molar-refractivity contribution in [1.82, 2.24) is 5.32 Å². The van der Waals surface area contributed by atoms with Crippen molar-refractivity contribution in [3.8, 4) is 0 Å². The Bertz CT molecular complexity index is 731. The summed E-state index contributed by atoms with van der Waals surface area (Å²) in [6, 6.07) is 14.3. The fourth-order valence-electron chi connectivity index (χ4n) is 2.34. The van der Waals surface area contributed by atoms with Crippen LogP contribution in [0.15, 0.2) is 48.5 Å². The zero-order valence-electron chi connectivity index (χ0n) is 14.2. The van der Waals surface area contributed by atoms with Crippen molar-refractivity contribution in [2.45, 2.75) is 12.8 Å². The molecule has 0 aliphatic heterocycles. The van der Waals surface area contributed by atoms with Gasteiger partial charge in [0.15, 0.2) is 0 Å². The van der Waals surface area contributed by atoms with Crippen LogP contribution < -0.4 is 16.4 Å². The van der Waals surface area contributed by atoms with Crippen LogP contribution in [-0.4, -0.2) is 32.1 Å². The first-order valence-corrected chi connectivity index (χ1v) is 8.10. The summed E-state index contributed by atoms with van der Waals surface area (Å²) >= 11 is 0. The minimum absolute atomic E-state index is 0.125. The predicted molar refractivity (Wildman–Crippen MR) is 98.5 cm³/mol. The molecule has 132 valence electrons. The molecule has 0 unspecified atom stereocenters. The van der Waals surface area contributed by atoms with E-state index in [1.807, 2.05) is 24.3 Å². The number of methoxy groups -OCH3 is 1. The number of aryl methyl sites for hydroxylation is 1. The van der Waals surface area contributed by atoms with Crippen LogP contribution in [0.2, 0.25) is 0 Å². The summed E-state index contributed by atoms with van der Waals surface area (Å²) in [5.41, 5.74) is 8.59. The third kappa shape index (κ3) is 5.93. The molecule has 2 rings (SSSR count). The lowest BCUT2D eigenvalue weighted by Crippen LogP contribution is -2.27. The standard InChI is InChI=1S/C19H23N3O3/c1-25-12-11-21-19(24)15-6-4-7-16(13-15)22-18(23)10-9-14-5-2-3-8-17(14)20/h2-8,13H,9-12,20H2,1H3,(H,21,24)(H,22,23). The lowest BCUT2D eigenvalue weighted by Gasteiger charge is -2.09. The van der Waals surface area contributed by atoms with Gasteiger partial charge in [0.25, 0.3) is 5.91 Å². The molecule has 2 amide bonds. The van der Waals surface area contributed by atoms with Gasteiger partial charge in [-0.2, -0.15) is 0 Å². The van der Waals surface area contributed by atoms with Crippen molar-refractivity contribution in [2.24, 2.45) is 0 Å². The number of hydrogen-bond donors (Lipinski definition) is 3. The molecular weight excluding hydrogens is 318 g/mol. The minimum Gasteiger partial charge on any atom is -0.399 e. The molecule has 2 aromatic rings. The number of benzene rings is 2. The Morgan fingerprint density at radius 2 is 1.92 bits per heavy atom. The maximum Gasteiger partial charge on any atom is 0.251 e. The highest BCUT2D eigenvalue weighted by molar-refractivity contribution is 5.97. The summed E-state index contributed by atoms with van der Waals surface area (Å²) in [6.07, 6.45) is 0.883. The van der Waals surface area contributed by atoms with E-state index >= 15 is 0 Å². The van der Waals surface area contributed by atoms with Gasteiger partial charge < -0.3 is 21.1 Å². The molecule has 0 saturated carbocycles. The molecule has 0 aromatic heterocycles.